The molecule has 1 aliphatic rings. The average Bonchev–Trinajstić information content (AvgIpc) is 3.94. The van der Waals surface area contributed by atoms with Crippen LogP contribution in [-0.2, 0) is 5.41 Å². The first kappa shape index (κ1) is 42.0. The van der Waals surface area contributed by atoms with Gasteiger partial charge in [-0.15, -0.1) is 0 Å². The van der Waals surface area contributed by atoms with Gasteiger partial charge < -0.3 is 9.32 Å². The maximum Gasteiger partial charge on any atom is 0.160 e. The van der Waals surface area contributed by atoms with Gasteiger partial charge in [-0.05, 0) is 75.3 Å². The van der Waals surface area contributed by atoms with E-state index in [0.717, 1.165) is 89.3 Å². The molecule has 1 aliphatic carbocycles. The topological polar surface area (TPSA) is 42.2 Å². The van der Waals surface area contributed by atoms with Gasteiger partial charge in [0.15, 0.2) is 5.82 Å². The molecule has 0 atom stereocenters. The van der Waals surface area contributed by atoms with E-state index in [4.69, 9.17) is 14.4 Å². The Morgan fingerprint density at radius 2 is 0.789 bits per heavy atom. The predicted octanol–water partition coefficient (Wildman–Crippen LogP) is 18.2. The van der Waals surface area contributed by atoms with Gasteiger partial charge in [0.2, 0.25) is 0 Å². The highest BCUT2D eigenvalue weighted by molar-refractivity contribution is 6.13. The van der Waals surface area contributed by atoms with E-state index in [9.17, 15) is 0 Å². The van der Waals surface area contributed by atoms with Crippen molar-refractivity contribution in [3.8, 4) is 78.4 Å². The lowest BCUT2D eigenvalue weighted by molar-refractivity contribution is 0.660. The molecule has 0 fully saturated rings. The van der Waals surface area contributed by atoms with Crippen LogP contribution in [0.5, 0.6) is 0 Å². The molecule has 2 aromatic heterocycles. The summed E-state index contributed by atoms with van der Waals surface area (Å²) in [7, 11) is 0. The lowest BCUT2D eigenvalue weighted by atomic mass is 9.82. The summed E-state index contributed by atoms with van der Waals surface area (Å²) in [4.78, 5) is 12.6. The van der Waals surface area contributed by atoms with Crippen LogP contribution < -0.4 is 4.90 Å². The Morgan fingerprint density at radius 1 is 0.338 bits per heavy atom. The Labute approximate surface area is 413 Å². The predicted molar refractivity (Wildman–Crippen MR) is 294 cm³/mol. The summed E-state index contributed by atoms with van der Waals surface area (Å²) in [5.41, 5.74) is 21.6. The summed E-state index contributed by atoms with van der Waals surface area (Å²) in [6, 6.07) is 88.4. The number of hydrogen-bond donors (Lipinski definition) is 0. The van der Waals surface area contributed by atoms with Crippen molar-refractivity contribution < 1.29 is 4.42 Å². The first-order valence-corrected chi connectivity index (χ1v) is 24.3. The first-order chi connectivity index (χ1) is 35.0. The fourth-order valence-electron chi connectivity index (χ4n) is 10.7. The fraction of sp³-hybridized carbons (Fsp3) is 0.0448. The van der Waals surface area contributed by atoms with E-state index in [0.29, 0.717) is 5.82 Å². The summed E-state index contributed by atoms with van der Waals surface area (Å²) in [5.74, 6) is 0.681. The molecule has 10 aromatic carbocycles. The maximum absolute atomic E-state index is 7.00. The zero-order valence-electron chi connectivity index (χ0n) is 39.4. The minimum absolute atomic E-state index is 0.136. The summed E-state index contributed by atoms with van der Waals surface area (Å²) in [5, 5.41) is 2.16. The highest BCUT2D eigenvalue weighted by atomic mass is 16.3. The van der Waals surface area contributed by atoms with Crippen LogP contribution in [0.2, 0.25) is 0 Å². The fourth-order valence-corrected chi connectivity index (χ4v) is 10.7. The molecule has 0 unspecified atom stereocenters. The van der Waals surface area contributed by atoms with Crippen LogP contribution in [0.4, 0.5) is 17.1 Å². The van der Waals surface area contributed by atoms with Gasteiger partial charge in [-0.1, -0.05) is 226 Å². The van der Waals surface area contributed by atoms with Crippen molar-refractivity contribution in [1.29, 1.82) is 0 Å². The van der Waals surface area contributed by atoms with Crippen molar-refractivity contribution in [2.45, 2.75) is 19.3 Å². The number of fused-ring (bicyclic) bond motifs is 6. The molecule has 0 radical (unpaired) electrons. The number of benzene rings is 10. The molecule has 0 aliphatic heterocycles. The normalized spacial score (nSPS) is 12.5. The van der Waals surface area contributed by atoms with Crippen molar-refractivity contribution in [2.24, 2.45) is 0 Å². The molecular formula is C67H47N3O. The van der Waals surface area contributed by atoms with Gasteiger partial charge in [-0.3, -0.25) is 0 Å². The van der Waals surface area contributed by atoms with Crippen LogP contribution in [0.15, 0.2) is 253 Å². The molecule has 71 heavy (non-hydrogen) atoms. The highest BCUT2D eigenvalue weighted by Crippen LogP contribution is 2.51. The Morgan fingerprint density at radius 3 is 1.39 bits per heavy atom. The van der Waals surface area contributed by atoms with E-state index < -0.39 is 0 Å². The Kier molecular flexibility index (Phi) is 10.1. The number of furan rings is 1. The highest BCUT2D eigenvalue weighted by Gasteiger charge is 2.36. The van der Waals surface area contributed by atoms with E-state index >= 15 is 0 Å². The average molecular weight is 910 g/mol. The largest absolute Gasteiger partial charge is 0.455 e. The third kappa shape index (κ3) is 7.31. The zero-order chi connectivity index (χ0) is 47.5. The summed E-state index contributed by atoms with van der Waals surface area (Å²) in [6.45, 7) is 4.69. The Bertz CT molecular complexity index is 3880. The second-order valence-electron chi connectivity index (χ2n) is 18.9. The van der Waals surface area contributed by atoms with E-state index in [1.807, 2.05) is 36.4 Å². The van der Waals surface area contributed by atoms with Gasteiger partial charge in [0, 0.05) is 60.9 Å². The number of hydrogen-bond acceptors (Lipinski definition) is 4. The minimum Gasteiger partial charge on any atom is -0.455 e. The van der Waals surface area contributed by atoms with Gasteiger partial charge in [-0.25, -0.2) is 9.97 Å². The zero-order valence-corrected chi connectivity index (χ0v) is 39.4. The van der Waals surface area contributed by atoms with Gasteiger partial charge in [-0.2, -0.15) is 0 Å². The van der Waals surface area contributed by atoms with Crippen molar-refractivity contribution in [2.75, 3.05) is 4.90 Å². The van der Waals surface area contributed by atoms with Crippen molar-refractivity contribution >= 4 is 39.0 Å². The number of anilines is 3. The third-order valence-corrected chi connectivity index (χ3v) is 14.3. The van der Waals surface area contributed by atoms with Gasteiger partial charge in [0.25, 0.3) is 0 Å². The number of rotatable bonds is 9. The molecule has 336 valence electrons. The molecule has 0 saturated heterocycles. The Hall–Kier alpha value is -9.12. The van der Waals surface area contributed by atoms with Gasteiger partial charge in [0.1, 0.15) is 11.2 Å². The summed E-state index contributed by atoms with van der Waals surface area (Å²) >= 11 is 0. The van der Waals surface area contributed by atoms with Crippen molar-refractivity contribution in [1.82, 2.24) is 9.97 Å². The van der Waals surface area contributed by atoms with Crippen LogP contribution in [0.25, 0.3) is 100 Å². The lowest BCUT2D eigenvalue weighted by Crippen LogP contribution is -2.16. The lowest BCUT2D eigenvalue weighted by Gasteiger charge is -2.30. The third-order valence-electron chi connectivity index (χ3n) is 14.3. The van der Waals surface area contributed by atoms with Crippen LogP contribution >= 0.6 is 0 Å². The minimum atomic E-state index is -0.136. The van der Waals surface area contributed by atoms with E-state index in [1.165, 1.54) is 33.4 Å². The second-order valence-corrected chi connectivity index (χ2v) is 18.9. The standard InChI is InChI=1S/C67H47N3O/c1-67(2)59-30-14-12-25-55(59)56-41-40-51(42-60(56)67)70(63-31-15-13-24-52(63)44-18-6-3-7-19-44)50-38-36-46(37-39-50)54-27-17-29-58-57-28-16-26-53(64(57)71-65(54)58)45-32-34-49(35-33-45)66-68-61(47-20-8-4-9-21-47)43-62(69-66)48-22-10-5-11-23-48/h3-43H,1-2H3. The molecule has 4 nitrogen and oxygen atoms in total. The van der Waals surface area contributed by atoms with Crippen LogP contribution in [0.3, 0.4) is 0 Å². The molecule has 0 saturated carbocycles. The van der Waals surface area contributed by atoms with Crippen LogP contribution in [0.1, 0.15) is 25.0 Å². The molecule has 2 heterocycles. The van der Waals surface area contributed by atoms with Crippen molar-refractivity contribution in [3.05, 3.63) is 260 Å². The number of nitrogens with zero attached hydrogens (tertiary/aromatic N) is 3. The SMILES string of the molecule is CC1(C)c2ccccc2-c2ccc(N(c3ccc(-c4cccc5c4oc4c(-c6ccc(-c7nc(-c8ccccc8)cc(-c8ccccc8)n7)cc6)cccc45)cc3)c3ccccc3-c3ccccc3)cc21. The van der Waals surface area contributed by atoms with E-state index in [-0.39, 0.29) is 5.41 Å². The second kappa shape index (κ2) is 17.1. The number of para-hydroxylation sites is 3. The smallest absolute Gasteiger partial charge is 0.160 e. The molecule has 13 rings (SSSR count). The van der Waals surface area contributed by atoms with Gasteiger partial charge >= 0.3 is 0 Å². The molecular weight excluding hydrogens is 863 g/mol. The van der Waals surface area contributed by atoms with Crippen LogP contribution in [-0.4, -0.2) is 9.97 Å². The molecule has 0 spiro atoms. The van der Waals surface area contributed by atoms with E-state index in [2.05, 4.69) is 231 Å². The monoisotopic (exact) mass is 909 g/mol. The van der Waals surface area contributed by atoms with Crippen LogP contribution in [0, 0.1) is 0 Å². The molecule has 12 aromatic rings. The van der Waals surface area contributed by atoms with E-state index in [1.54, 1.807) is 0 Å². The maximum atomic E-state index is 7.00. The van der Waals surface area contributed by atoms with Gasteiger partial charge in [0.05, 0.1) is 17.1 Å². The summed E-state index contributed by atoms with van der Waals surface area (Å²) in [6.07, 6.45) is 0. The molecule has 4 heteroatoms. The molecule has 0 amide bonds. The quantitative estimate of drug-likeness (QED) is 0.145. The summed E-state index contributed by atoms with van der Waals surface area (Å²) < 4.78 is 7.00. The molecule has 0 bridgehead atoms. The molecule has 0 N–H and O–H groups in total. The first-order valence-electron chi connectivity index (χ1n) is 24.3. The van der Waals surface area contributed by atoms with Crippen molar-refractivity contribution in [3.63, 3.8) is 0 Å². The number of aromatic nitrogens is 2. The Balaban J connectivity index is 0.874.